The number of imidazole rings is 1. The Bertz CT molecular complexity index is 693. The van der Waals surface area contributed by atoms with Crippen molar-refractivity contribution in [2.75, 3.05) is 0 Å². The van der Waals surface area contributed by atoms with Gasteiger partial charge in [0.2, 0.25) is 5.91 Å². The van der Waals surface area contributed by atoms with Gasteiger partial charge in [0.15, 0.2) is 5.16 Å². The fraction of sp³-hybridized carbons (Fsp3) is 0.579. The van der Waals surface area contributed by atoms with Gasteiger partial charge in [0.1, 0.15) is 0 Å². The SMILES string of the molecule is CCCCCCn1c(S[C@H](C)C(=O)NC2CC2)nc2ccccc21. The lowest BCUT2D eigenvalue weighted by Gasteiger charge is -2.13. The Balaban J connectivity index is 1.73. The smallest absolute Gasteiger partial charge is 0.233 e. The summed E-state index contributed by atoms with van der Waals surface area (Å²) in [5.41, 5.74) is 2.19. The molecule has 0 aliphatic heterocycles. The molecule has 1 aliphatic rings. The molecule has 0 saturated heterocycles. The monoisotopic (exact) mass is 345 g/mol. The number of carbonyl (C=O) groups excluding carboxylic acids is 1. The summed E-state index contributed by atoms with van der Waals surface area (Å²) in [5.74, 6) is 0.132. The van der Waals surface area contributed by atoms with Crippen molar-refractivity contribution in [2.24, 2.45) is 0 Å². The molecule has 1 heterocycles. The molecule has 1 fully saturated rings. The summed E-state index contributed by atoms with van der Waals surface area (Å²) in [6.07, 6.45) is 7.16. The number of benzene rings is 1. The van der Waals surface area contributed by atoms with Crippen molar-refractivity contribution in [2.45, 2.75) is 75.4 Å². The molecule has 3 rings (SSSR count). The predicted octanol–water partition coefficient (Wildman–Crippen LogP) is 4.38. The van der Waals surface area contributed by atoms with E-state index < -0.39 is 0 Å². The van der Waals surface area contributed by atoms with Gasteiger partial charge < -0.3 is 9.88 Å². The average Bonchev–Trinajstić information content (AvgIpc) is 3.33. The summed E-state index contributed by atoms with van der Waals surface area (Å²) in [7, 11) is 0. The third-order valence-electron chi connectivity index (χ3n) is 4.43. The first-order valence-corrected chi connectivity index (χ1v) is 9.99. The number of rotatable bonds is 9. The van der Waals surface area contributed by atoms with Crippen molar-refractivity contribution in [3.8, 4) is 0 Å². The van der Waals surface area contributed by atoms with Crippen molar-refractivity contribution >= 4 is 28.7 Å². The van der Waals surface area contributed by atoms with Crippen LogP contribution in [0.5, 0.6) is 0 Å². The number of amides is 1. The highest BCUT2D eigenvalue weighted by molar-refractivity contribution is 8.00. The summed E-state index contributed by atoms with van der Waals surface area (Å²) < 4.78 is 2.29. The Labute approximate surface area is 148 Å². The minimum atomic E-state index is -0.114. The predicted molar refractivity (Wildman–Crippen MR) is 100 cm³/mol. The van der Waals surface area contributed by atoms with E-state index >= 15 is 0 Å². The van der Waals surface area contributed by atoms with Gasteiger partial charge in [-0.3, -0.25) is 4.79 Å². The van der Waals surface area contributed by atoms with Crippen LogP contribution in [0.15, 0.2) is 29.4 Å². The van der Waals surface area contributed by atoms with Crippen LogP contribution in [0.3, 0.4) is 0 Å². The number of nitrogens with one attached hydrogen (secondary N) is 1. The number of para-hydroxylation sites is 2. The van der Waals surface area contributed by atoms with Gasteiger partial charge in [0.25, 0.3) is 0 Å². The molecule has 4 nitrogen and oxygen atoms in total. The molecule has 1 aliphatic carbocycles. The standard InChI is InChI=1S/C19H27N3OS/c1-3-4-5-8-13-22-17-10-7-6-9-16(17)21-19(22)24-14(2)18(23)20-15-11-12-15/h6-7,9-10,14-15H,3-5,8,11-13H2,1-2H3,(H,20,23)/t14-/m1/s1. The van der Waals surface area contributed by atoms with E-state index in [0.29, 0.717) is 6.04 Å². The molecule has 24 heavy (non-hydrogen) atoms. The molecular formula is C19H27N3OS. The zero-order valence-electron chi connectivity index (χ0n) is 14.6. The lowest BCUT2D eigenvalue weighted by atomic mass is 10.2. The molecule has 5 heteroatoms. The molecule has 130 valence electrons. The van der Waals surface area contributed by atoms with Gasteiger partial charge in [-0.25, -0.2) is 4.98 Å². The zero-order valence-corrected chi connectivity index (χ0v) is 15.4. The molecule has 1 atom stereocenters. The van der Waals surface area contributed by atoms with Crippen molar-refractivity contribution in [1.29, 1.82) is 0 Å². The maximum absolute atomic E-state index is 12.3. The summed E-state index contributed by atoms with van der Waals surface area (Å²) in [6, 6.07) is 8.67. The quantitative estimate of drug-likeness (QED) is 0.542. The van der Waals surface area contributed by atoms with Gasteiger partial charge >= 0.3 is 0 Å². The molecular weight excluding hydrogens is 318 g/mol. The first kappa shape index (κ1) is 17.3. The maximum Gasteiger partial charge on any atom is 0.233 e. The first-order valence-electron chi connectivity index (χ1n) is 9.11. The summed E-state index contributed by atoms with van der Waals surface area (Å²) in [4.78, 5) is 17.0. The van der Waals surface area contributed by atoms with Crippen LogP contribution in [0.1, 0.15) is 52.4 Å². The third kappa shape index (κ3) is 4.32. The molecule has 1 amide bonds. The Hall–Kier alpha value is -1.49. The maximum atomic E-state index is 12.3. The van der Waals surface area contributed by atoms with E-state index in [4.69, 9.17) is 4.98 Å². The van der Waals surface area contributed by atoms with Gasteiger partial charge in [-0.2, -0.15) is 0 Å². The molecule has 1 aromatic carbocycles. The van der Waals surface area contributed by atoms with Gasteiger partial charge in [-0.05, 0) is 38.3 Å². The second kappa shape index (κ2) is 8.06. The molecule has 0 bridgehead atoms. The van der Waals surface area contributed by atoms with Crippen LogP contribution in [0.25, 0.3) is 11.0 Å². The van der Waals surface area contributed by atoms with E-state index in [-0.39, 0.29) is 11.2 Å². The van der Waals surface area contributed by atoms with Gasteiger partial charge in [-0.1, -0.05) is 50.1 Å². The van der Waals surface area contributed by atoms with Gasteiger partial charge in [0, 0.05) is 12.6 Å². The molecule has 1 saturated carbocycles. The van der Waals surface area contributed by atoms with E-state index in [2.05, 4.69) is 35.0 Å². The number of aryl methyl sites for hydroxylation is 1. The first-order chi connectivity index (χ1) is 11.7. The minimum absolute atomic E-state index is 0.114. The van der Waals surface area contributed by atoms with Crippen molar-refractivity contribution in [1.82, 2.24) is 14.9 Å². The highest BCUT2D eigenvalue weighted by Crippen LogP contribution is 2.29. The fourth-order valence-corrected chi connectivity index (χ4v) is 3.77. The van der Waals surface area contributed by atoms with Crippen LogP contribution in [-0.4, -0.2) is 26.8 Å². The van der Waals surface area contributed by atoms with Crippen molar-refractivity contribution in [3.63, 3.8) is 0 Å². The Morgan fingerprint density at radius 3 is 2.88 bits per heavy atom. The lowest BCUT2D eigenvalue weighted by molar-refractivity contribution is -0.120. The topological polar surface area (TPSA) is 46.9 Å². The highest BCUT2D eigenvalue weighted by Gasteiger charge is 2.27. The summed E-state index contributed by atoms with van der Waals surface area (Å²) in [6.45, 7) is 5.18. The van der Waals surface area contributed by atoms with Crippen LogP contribution in [0, 0.1) is 0 Å². The largest absolute Gasteiger partial charge is 0.352 e. The summed E-state index contributed by atoms with van der Waals surface area (Å²) >= 11 is 1.58. The Morgan fingerprint density at radius 2 is 2.12 bits per heavy atom. The Kier molecular flexibility index (Phi) is 5.82. The van der Waals surface area contributed by atoms with Gasteiger partial charge in [0.05, 0.1) is 16.3 Å². The second-order valence-electron chi connectivity index (χ2n) is 6.64. The number of carbonyl (C=O) groups is 1. The fourth-order valence-electron chi connectivity index (χ4n) is 2.81. The molecule has 0 unspecified atom stereocenters. The summed E-state index contributed by atoms with van der Waals surface area (Å²) in [5, 5.41) is 3.94. The van der Waals surface area contributed by atoms with Gasteiger partial charge in [-0.15, -0.1) is 0 Å². The number of hydrogen-bond acceptors (Lipinski definition) is 3. The third-order valence-corrected chi connectivity index (χ3v) is 5.52. The Morgan fingerprint density at radius 1 is 1.33 bits per heavy atom. The van der Waals surface area contributed by atoms with Crippen LogP contribution < -0.4 is 5.32 Å². The van der Waals surface area contributed by atoms with Crippen LogP contribution in [0.4, 0.5) is 0 Å². The van der Waals surface area contributed by atoms with Crippen LogP contribution >= 0.6 is 11.8 Å². The number of nitrogens with zero attached hydrogens (tertiary/aromatic N) is 2. The molecule has 1 aromatic heterocycles. The zero-order chi connectivity index (χ0) is 16.9. The number of hydrogen-bond donors (Lipinski definition) is 1. The van der Waals surface area contributed by atoms with Crippen molar-refractivity contribution in [3.05, 3.63) is 24.3 Å². The minimum Gasteiger partial charge on any atom is -0.352 e. The number of thioether (sulfide) groups is 1. The highest BCUT2D eigenvalue weighted by atomic mass is 32.2. The average molecular weight is 346 g/mol. The van der Waals surface area contributed by atoms with Crippen LogP contribution in [0.2, 0.25) is 0 Å². The number of fused-ring (bicyclic) bond motifs is 1. The lowest BCUT2D eigenvalue weighted by Crippen LogP contribution is -2.32. The second-order valence-corrected chi connectivity index (χ2v) is 7.95. The van der Waals surface area contributed by atoms with E-state index in [0.717, 1.165) is 36.5 Å². The molecule has 0 radical (unpaired) electrons. The molecule has 2 aromatic rings. The van der Waals surface area contributed by atoms with E-state index in [1.165, 1.54) is 24.8 Å². The van der Waals surface area contributed by atoms with Crippen LogP contribution in [-0.2, 0) is 11.3 Å². The van der Waals surface area contributed by atoms with Crippen molar-refractivity contribution < 1.29 is 4.79 Å². The number of unbranched alkanes of at least 4 members (excludes halogenated alkanes) is 3. The molecule has 0 spiro atoms. The van der Waals surface area contributed by atoms with E-state index in [1.807, 2.05) is 13.0 Å². The number of aromatic nitrogens is 2. The molecule has 1 N–H and O–H groups in total. The van der Waals surface area contributed by atoms with E-state index in [9.17, 15) is 4.79 Å². The normalized spacial score (nSPS) is 15.6. The van der Waals surface area contributed by atoms with E-state index in [1.54, 1.807) is 11.8 Å².